The van der Waals surface area contributed by atoms with Gasteiger partial charge in [0.1, 0.15) is 5.70 Å². The second-order valence-electron chi connectivity index (χ2n) is 8.55. The van der Waals surface area contributed by atoms with Crippen molar-refractivity contribution in [2.24, 2.45) is 12.1 Å². The third-order valence-corrected chi connectivity index (χ3v) is 6.16. The number of nitrogens with zero attached hydrogens (tertiary/aromatic N) is 3. The molecule has 2 N–H and O–H groups in total. The number of benzene rings is 3. The Morgan fingerprint density at radius 1 is 0.919 bits per heavy atom. The number of rotatable bonds is 9. The smallest absolute Gasteiger partial charge is 0.287 e. The number of fused-ring (bicyclic) bond motifs is 1. The van der Waals surface area contributed by atoms with Crippen molar-refractivity contribution in [2.45, 2.75) is 13.8 Å². The number of carbonyl (C=O) groups excluding carboxylic acids is 2. The quantitative estimate of drug-likeness (QED) is 0.197. The average molecular weight is 494 g/mol. The summed E-state index contributed by atoms with van der Waals surface area (Å²) in [6.45, 7) is 6.03. The Bertz CT molecular complexity index is 1430. The van der Waals surface area contributed by atoms with Crippen molar-refractivity contribution < 1.29 is 9.59 Å². The topological polar surface area (TPSA) is 78.7 Å². The van der Waals surface area contributed by atoms with Crippen LogP contribution in [0.5, 0.6) is 0 Å². The van der Waals surface area contributed by atoms with Gasteiger partial charge in [0.15, 0.2) is 0 Å². The van der Waals surface area contributed by atoms with Gasteiger partial charge in [-0.05, 0) is 55.8 Å². The Morgan fingerprint density at radius 3 is 2.30 bits per heavy atom. The van der Waals surface area contributed by atoms with Gasteiger partial charge >= 0.3 is 0 Å². The minimum atomic E-state index is -0.520. The molecule has 0 radical (unpaired) electrons. The average Bonchev–Trinajstić information content (AvgIpc) is 3.25. The third-order valence-electron chi connectivity index (χ3n) is 6.16. The maximum atomic E-state index is 13.1. The zero-order valence-electron chi connectivity index (χ0n) is 21.3. The van der Waals surface area contributed by atoms with Gasteiger partial charge in [-0.15, -0.1) is 0 Å². The van der Waals surface area contributed by atoms with Crippen LogP contribution >= 0.6 is 0 Å². The highest BCUT2D eigenvalue weighted by atomic mass is 16.2. The van der Waals surface area contributed by atoms with Crippen LogP contribution in [0.15, 0.2) is 95.9 Å². The highest BCUT2D eigenvalue weighted by Gasteiger charge is 2.15. The number of aromatic nitrogens is 1. The third kappa shape index (κ3) is 6.13. The summed E-state index contributed by atoms with van der Waals surface area (Å²) in [7, 11) is 1.96. The van der Waals surface area contributed by atoms with Gasteiger partial charge in [-0.3, -0.25) is 9.59 Å². The molecular weight excluding hydrogens is 462 g/mol. The lowest BCUT2D eigenvalue weighted by atomic mass is 10.1. The number of carbonyl (C=O) groups is 2. The van der Waals surface area contributed by atoms with Crippen molar-refractivity contribution in [3.05, 3.63) is 107 Å². The van der Waals surface area contributed by atoms with Crippen LogP contribution in [0.1, 0.15) is 35.3 Å². The summed E-state index contributed by atoms with van der Waals surface area (Å²) in [6, 6.07) is 24.6. The molecule has 7 heteroatoms. The Morgan fingerprint density at radius 2 is 1.59 bits per heavy atom. The fourth-order valence-electron chi connectivity index (χ4n) is 4.18. The van der Waals surface area contributed by atoms with Crippen molar-refractivity contribution in [1.82, 2.24) is 15.3 Å². The van der Waals surface area contributed by atoms with E-state index < -0.39 is 5.91 Å². The molecule has 0 bridgehead atoms. The zero-order chi connectivity index (χ0) is 26.2. The number of hydrogen-bond donors (Lipinski definition) is 2. The molecule has 0 unspecified atom stereocenters. The molecule has 0 aliphatic carbocycles. The predicted molar refractivity (Wildman–Crippen MR) is 151 cm³/mol. The number of aryl methyl sites for hydroxylation is 1. The number of hydrazone groups is 1. The summed E-state index contributed by atoms with van der Waals surface area (Å²) in [4.78, 5) is 28.2. The first-order valence-corrected chi connectivity index (χ1v) is 12.3. The number of para-hydroxylation sites is 1. The summed E-state index contributed by atoms with van der Waals surface area (Å²) < 4.78 is 2.01. The van der Waals surface area contributed by atoms with Gasteiger partial charge < -0.3 is 14.8 Å². The molecule has 188 valence electrons. The second-order valence-corrected chi connectivity index (χ2v) is 8.55. The monoisotopic (exact) mass is 493 g/mol. The van der Waals surface area contributed by atoms with Crippen molar-refractivity contribution in [2.75, 3.05) is 18.0 Å². The van der Waals surface area contributed by atoms with E-state index in [0.717, 1.165) is 40.8 Å². The van der Waals surface area contributed by atoms with E-state index in [0.29, 0.717) is 5.56 Å². The normalized spacial score (nSPS) is 11.6. The molecule has 0 aliphatic heterocycles. The van der Waals surface area contributed by atoms with Crippen LogP contribution in [-0.4, -0.2) is 35.7 Å². The molecule has 0 saturated carbocycles. The van der Waals surface area contributed by atoms with Crippen LogP contribution in [0.25, 0.3) is 17.0 Å². The van der Waals surface area contributed by atoms with Crippen molar-refractivity contribution in [1.29, 1.82) is 0 Å². The summed E-state index contributed by atoms with van der Waals surface area (Å²) in [5.41, 5.74) is 6.94. The standard InChI is InChI=1S/C30H31N5O2/c1-4-35(5-2)25-17-15-22(16-18-25)19-27(32-29(36)23-11-7-6-8-12-23)30(37)33-31-20-24-21-34(3)28-14-10-9-13-26(24)28/h6-21H,4-5H2,1-3H3,(H,32,36)(H,33,37)/b27-19+,31-20-. The number of nitrogens with one attached hydrogen (secondary N) is 2. The van der Waals surface area contributed by atoms with Crippen LogP contribution in [0.2, 0.25) is 0 Å². The molecule has 0 atom stereocenters. The van der Waals surface area contributed by atoms with E-state index in [4.69, 9.17) is 0 Å². The van der Waals surface area contributed by atoms with E-state index in [1.807, 2.05) is 72.4 Å². The molecule has 4 rings (SSSR count). The molecular formula is C30H31N5O2. The van der Waals surface area contributed by atoms with E-state index in [1.54, 1.807) is 36.6 Å². The van der Waals surface area contributed by atoms with E-state index >= 15 is 0 Å². The summed E-state index contributed by atoms with van der Waals surface area (Å²) in [5.74, 6) is -0.895. The summed E-state index contributed by atoms with van der Waals surface area (Å²) >= 11 is 0. The lowest BCUT2D eigenvalue weighted by molar-refractivity contribution is -0.117. The van der Waals surface area contributed by atoms with Crippen LogP contribution < -0.4 is 15.6 Å². The maximum absolute atomic E-state index is 13.1. The number of anilines is 1. The summed E-state index contributed by atoms with van der Waals surface area (Å²) in [5, 5.41) is 7.95. The van der Waals surface area contributed by atoms with E-state index in [9.17, 15) is 9.59 Å². The van der Waals surface area contributed by atoms with Crippen LogP contribution in [0.3, 0.4) is 0 Å². The molecule has 3 aromatic carbocycles. The first kappa shape index (κ1) is 25.4. The van der Waals surface area contributed by atoms with E-state index in [2.05, 4.69) is 34.6 Å². The van der Waals surface area contributed by atoms with Gasteiger partial charge in [-0.1, -0.05) is 48.5 Å². The largest absolute Gasteiger partial charge is 0.372 e. The zero-order valence-corrected chi connectivity index (χ0v) is 21.3. The fraction of sp³-hybridized carbons (Fsp3) is 0.167. The van der Waals surface area contributed by atoms with Gasteiger partial charge in [-0.25, -0.2) is 5.43 Å². The number of hydrogen-bond acceptors (Lipinski definition) is 4. The fourth-order valence-corrected chi connectivity index (χ4v) is 4.18. The van der Waals surface area contributed by atoms with Gasteiger partial charge in [0, 0.05) is 54.1 Å². The highest BCUT2D eigenvalue weighted by Crippen LogP contribution is 2.19. The SMILES string of the molecule is CCN(CC)c1ccc(/C=C(/NC(=O)c2ccccc2)C(=O)N/N=C\c2cn(C)c3ccccc23)cc1. The summed E-state index contributed by atoms with van der Waals surface area (Å²) in [6.07, 6.45) is 5.21. The Hall–Kier alpha value is -4.65. The first-order chi connectivity index (χ1) is 18.0. The molecule has 1 aromatic heterocycles. The highest BCUT2D eigenvalue weighted by molar-refractivity contribution is 6.06. The van der Waals surface area contributed by atoms with Gasteiger partial charge in [0.25, 0.3) is 11.8 Å². The van der Waals surface area contributed by atoms with Gasteiger partial charge in [0.2, 0.25) is 0 Å². The van der Waals surface area contributed by atoms with Crippen LogP contribution in [-0.2, 0) is 11.8 Å². The predicted octanol–water partition coefficient (Wildman–Crippen LogP) is 4.95. The Kier molecular flexibility index (Phi) is 8.15. The van der Waals surface area contributed by atoms with Crippen LogP contribution in [0, 0.1) is 0 Å². The molecule has 4 aromatic rings. The van der Waals surface area contributed by atoms with Crippen molar-refractivity contribution in [3.63, 3.8) is 0 Å². The van der Waals surface area contributed by atoms with E-state index in [1.165, 1.54) is 0 Å². The second kappa shape index (κ2) is 11.9. The van der Waals surface area contributed by atoms with Gasteiger partial charge in [-0.2, -0.15) is 5.10 Å². The Balaban J connectivity index is 1.57. The minimum absolute atomic E-state index is 0.0968. The number of amides is 2. The minimum Gasteiger partial charge on any atom is -0.372 e. The molecule has 37 heavy (non-hydrogen) atoms. The van der Waals surface area contributed by atoms with E-state index in [-0.39, 0.29) is 11.6 Å². The molecule has 7 nitrogen and oxygen atoms in total. The molecule has 0 saturated heterocycles. The van der Waals surface area contributed by atoms with Crippen molar-refractivity contribution >= 4 is 40.7 Å². The molecule has 0 spiro atoms. The molecule has 0 fully saturated rings. The molecule has 0 aliphatic rings. The first-order valence-electron chi connectivity index (χ1n) is 12.3. The molecule has 2 amide bonds. The molecule has 1 heterocycles. The lowest BCUT2D eigenvalue weighted by Crippen LogP contribution is -2.32. The van der Waals surface area contributed by atoms with Gasteiger partial charge in [0.05, 0.1) is 6.21 Å². The maximum Gasteiger partial charge on any atom is 0.287 e. The lowest BCUT2D eigenvalue weighted by Gasteiger charge is -2.20. The van der Waals surface area contributed by atoms with Crippen LogP contribution in [0.4, 0.5) is 5.69 Å². The Labute approximate surface area is 217 Å². The van der Waals surface area contributed by atoms with Crippen molar-refractivity contribution in [3.8, 4) is 0 Å².